The third kappa shape index (κ3) is 4.01. The van der Waals surface area contributed by atoms with Gasteiger partial charge in [-0.05, 0) is 45.0 Å². The monoisotopic (exact) mass is 282 g/mol. The lowest BCUT2D eigenvalue weighted by molar-refractivity contribution is 0.624. The molecule has 1 unspecified atom stereocenters. The van der Waals surface area contributed by atoms with Crippen LogP contribution in [0.15, 0.2) is 60.7 Å². The Bertz CT molecular complexity index is 510. The van der Waals surface area contributed by atoms with Gasteiger partial charge in [-0.2, -0.15) is 0 Å². The summed E-state index contributed by atoms with van der Waals surface area (Å²) in [5.74, 6) is 0. The first kappa shape index (κ1) is 15.4. The van der Waals surface area contributed by atoms with Crippen LogP contribution in [0.4, 0.5) is 11.4 Å². The first-order valence-electron chi connectivity index (χ1n) is 7.88. The van der Waals surface area contributed by atoms with Gasteiger partial charge in [-0.3, -0.25) is 0 Å². The molecule has 0 bridgehead atoms. The van der Waals surface area contributed by atoms with Crippen molar-refractivity contribution >= 4 is 11.4 Å². The molecule has 1 atom stereocenters. The number of rotatable bonds is 7. The first-order valence-corrected chi connectivity index (χ1v) is 7.88. The fourth-order valence-corrected chi connectivity index (χ4v) is 2.84. The van der Waals surface area contributed by atoms with Crippen LogP contribution in [0.25, 0.3) is 0 Å². The highest BCUT2D eigenvalue weighted by Crippen LogP contribution is 2.19. The van der Waals surface area contributed by atoms with E-state index in [2.05, 4.69) is 91.2 Å². The smallest absolute Gasteiger partial charge is 0.0436 e. The molecule has 0 aliphatic carbocycles. The maximum atomic E-state index is 2.46. The molecule has 0 heterocycles. The summed E-state index contributed by atoms with van der Waals surface area (Å²) in [6, 6.07) is 21.8. The Morgan fingerprint density at radius 2 is 1.29 bits per heavy atom. The standard InChI is InChI=1S/C19H26N2/c1-4-20(18-12-8-6-9-13-18)16-17(3)21(5-2)19-14-10-7-11-15-19/h6-15,17H,4-5,16H2,1-3H3. The van der Waals surface area contributed by atoms with Crippen molar-refractivity contribution in [3.8, 4) is 0 Å². The molecule has 0 saturated carbocycles. The Morgan fingerprint density at radius 3 is 1.76 bits per heavy atom. The van der Waals surface area contributed by atoms with Crippen LogP contribution < -0.4 is 9.80 Å². The fourth-order valence-electron chi connectivity index (χ4n) is 2.84. The highest BCUT2D eigenvalue weighted by molar-refractivity contribution is 5.49. The van der Waals surface area contributed by atoms with Crippen molar-refractivity contribution in [2.24, 2.45) is 0 Å². The van der Waals surface area contributed by atoms with Crippen LogP contribution in [-0.2, 0) is 0 Å². The molecule has 2 rings (SSSR count). The van der Waals surface area contributed by atoms with Gasteiger partial charge < -0.3 is 9.80 Å². The van der Waals surface area contributed by atoms with Crippen molar-refractivity contribution in [2.45, 2.75) is 26.8 Å². The minimum Gasteiger partial charge on any atom is -0.370 e. The summed E-state index contributed by atoms with van der Waals surface area (Å²) in [6.07, 6.45) is 0. The van der Waals surface area contributed by atoms with Gasteiger partial charge in [-0.1, -0.05) is 36.4 Å². The van der Waals surface area contributed by atoms with Crippen LogP contribution in [0.3, 0.4) is 0 Å². The SMILES string of the molecule is CCN(CC(C)N(CC)c1ccccc1)c1ccccc1. The maximum Gasteiger partial charge on any atom is 0.0436 e. The third-order valence-electron chi connectivity index (χ3n) is 3.95. The molecule has 0 N–H and O–H groups in total. The van der Waals surface area contributed by atoms with E-state index in [4.69, 9.17) is 0 Å². The lowest BCUT2D eigenvalue weighted by Gasteiger charge is -2.35. The molecular formula is C19H26N2. The van der Waals surface area contributed by atoms with Crippen LogP contribution in [0.5, 0.6) is 0 Å². The van der Waals surface area contributed by atoms with Gasteiger partial charge in [0.1, 0.15) is 0 Å². The number of hydrogen-bond donors (Lipinski definition) is 0. The predicted molar refractivity (Wildman–Crippen MR) is 93.3 cm³/mol. The minimum absolute atomic E-state index is 0.470. The number of likely N-dealkylation sites (N-methyl/N-ethyl adjacent to an activating group) is 2. The van der Waals surface area contributed by atoms with Gasteiger partial charge in [0, 0.05) is 37.1 Å². The van der Waals surface area contributed by atoms with Crippen LogP contribution in [0.2, 0.25) is 0 Å². The Balaban J connectivity index is 2.09. The summed E-state index contributed by atoms with van der Waals surface area (Å²) < 4.78 is 0. The number of para-hydroxylation sites is 2. The average molecular weight is 282 g/mol. The van der Waals surface area contributed by atoms with E-state index in [-0.39, 0.29) is 0 Å². The van der Waals surface area contributed by atoms with E-state index in [1.807, 2.05) is 0 Å². The molecule has 0 aliphatic rings. The summed E-state index contributed by atoms with van der Waals surface area (Å²) in [6.45, 7) is 9.84. The normalized spacial score (nSPS) is 12.0. The zero-order chi connectivity index (χ0) is 15.1. The second kappa shape index (κ2) is 7.72. The summed E-state index contributed by atoms with van der Waals surface area (Å²) >= 11 is 0. The molecule has 2 aromatic rings. The van der Waals surface area contributed by atoms with Crippen LogP contribution in [0, 0.1) is 0 Å². The minimum atomic E-state index is 0.470. The van der Waals surface area contributed by atoms with Gasteiger partial charge in [0.25, 0.3) is 0 Å². The average Bonchev–Trinajstić information content (AvgIpc) is 2.55. The Hall–Kier alpha value is -1.96. The quantitative estimate of drug-likeness (QED) is 0.741. The molecule has 0 spiro atoms. The van der Waals surface area contributed by atoms with E-state index in [1.54, 1.807) is 0 Å². The summed E-state index contributed by atoms with van der Waals surface area (Å²) in [5.41, 5.74) is 2.60. The lowest BCUT2D eigenvalue weighted by Crippen LogP contribution is -2.42. The second-order valence-corrected chi connectivity index (χ2v) is 5.34. The molecule has 0 fully saturated rings. The van der Waals surface area contributed by atoms with E-state index in [0.29, 0.717) is 6.04 Å². The van der Waals surface area contributed by atoms with Crippen LogP contribution >= 0.6 is 0 Å². The van der Waals surface area contributed by atoms with Crippen LogP contribution in [-0.4, -0.2) is 25.7 Å². The van der Waals surface area contributed by atoms with Crippen LogP contribution in [0.1, 0.15) is 20.8 Å². The molecule has 2 aromatic carbocycles. The first-order chi connectivity index (χ1) is 10.3. The third-order valence-corrected chi connectivity index (χ3v) is 3.95. The predicted octanol–water partition coefficient (Wildman–Crippen LogP) is 4.43. The number of hydrogen-bond acceptors (Lipinski definition) is 2. The van der Waals surface area contributed by atoms with E-state index in [1.165, 1.54) is 11.4 Å². The fraction of sp³-hybridized carbons (Fsp3) is 0.368. The highest BCUT2D eigenvalue weighted by atomic mass is 15.2. The molecular weight excluding hydrogens is 256 g/mol. The Kier molecular flexibility index (Phi) is 5.68. The van der Waals surface area contributed by atoms with Gasteiger partial charge in [0.15, 0.2) is 0 Å². The second-order valence-electron chi connectivity index (χ2n) is 5.34. The van der Waals surface area contributed by atoms with E-state index >= 15 is 0 Å². The summed E-state index contributed by atoms with van der Waals surface area (Å²) in [5, 5.41) is 0. The number of nitrogens with zero attached hydrogens (tertiary/aromatic N) is 2. The van der Waals surface area contributed by atoms with Crippen molar-refractivity contribution in [1.82, 2.24) is 0 Å². The Labute approximate surface area is 129 Å². The van der Waals surface area contributed by atoms with Gasteiger partial charge >= 0.3 is 0 Å². The zero-order valence-electron chi connectivity index (χ0n) is 13.4. The van der Waals surface area contributed by atoms with Gasteiger partial charge in [0.2, 0.25) is 0 Å². The van der Waals surface area contributed by atoms with E-state index in [0.717, 1.165) is 19.6 Å². The molecule has 2 nitrogen and oxygen atoms in total. The molecule has 0 aliphatic heterocycles. The van der Waals surface area contributed by atoms with Gasteiger partial charge in [-0.25, -0.2) is 0 Å². The molecule has 21 heavy (non-hydrogen) atoms. The van der Waals surface area contributed by atoms with Crippen molar-refractivity contribution in [1.29, 1.82) is 0 Å². The Morgan fingerprint density at radius 1 is 0.762 bits per heavy atom. The van der Waals surface area contributed by atoms with Crippen molar-refractivity contribution in [3.63, 3.8) is 0 Å². The summed E-state index contributed by atoms with van der Waals surface area (Å²) in [4.78, 5) is 4.90. The maximum absolute atomic E-state index is 2.46. The summed E-state index contributed by atoms with van der Waals surface area (Å²) in [7, 11) is 0. The molecule has 2 heteroatoms. The van der Waals surface area contributed by atoms with Crippen molar-refractivity contribution in [3.05, 3.63) is 60.7 Å². The molecule has 0 amide bonds. The van der Waals surface area contributed by atoms with Gasteiger partial charge in [-0.15, -0.1) is 0 Å². The van der Waals surface area contributed by atoms with E-state index in [9.17, 15) is 0 Å². The van der Waals surface area contributed by atoms with E-state index < -0.39 is 0 Å². The molecule has 0 radical (unpaired) electrons. The van der Waals surface area contributed by atoms with Crippen molar-refractivity contribution < 1.29 is 0 Å². The number of anilines is 2. The zero-order valence-corrected chi connectivity index (χ0v) is 13.4. The largest absolute Gasteiger partial charge is 0.370 e. The molecule has 0 saturated heterocycles. The molecule has 112 valence electrons. The highest BCUT2D eigenvalue weighted by Gasteiger charge is 2.16. The van der Waals surface area contributed by atoms with Gasteiger partial charge in [0.05, 0.1) is 0 Å². The van der Waals surface area contributed by atoms with Crippen molar-refractivity contribution in [2.75, 3.05) is 29.4 Å². The number of benzene rings is 2. The lowest BCUT2D eigenvalue weighted by atomic mass is 10.2. The molecule has 0 aromatic heterocycles. The topological polar surface area (TPSA) is 6.48 Å².